The van der Waals surface area contributed by atoms with Crippen LogP contribution >= 0.6 is 0 Å². The number of aliphatic hydroxyl groups excluding tert-OH is 1. The summed E-state index contributed by atoms with van der Waals surface area (Å²) in [5, 5.41) is 12.8. The van der Waals surface area contributed by atoms with Gasteiger partial charge < -0.3 is 20.2 Å². The second kappa shape index (κ2) is 13.3. The number of piperazine rings is 1. The smallest absolute Gasteiger partial charge is 0.236 e. The number of nitrogens with zero attached hydrogens (tertiary/aromatic N) is 4. The minimum atomic E-state index is 0.227. The van der Waals surface area contributed by atoms with Crippen molar-refractivity contribution in [3.8, 4) is 0 Å². The molecule has 1 amide bonds. The number of carbonyl (C=O) groups is 1. The predicted octanol–water partition coefficient (Wildman–Crippen LogP) is 2.12. The first-order valence-corrected chi connectivity index (χ1v) is 12.5. The van der Waals surface area contributed by atoms with Crippen LogP contribution in [0, 0.1) is 23.7 Å². The molecule has 3 unspecified atom stereocenters. The molecule has 0 spiro atoms. The molecule has 7 heteroatoms. The first kappa shape index (κ1) is 25.9. The van der Waals surface area contributed by atoms with E-state index in [9.17, 15) is 9.90 Å². The highest BCUT2D eigenvalue weighted by Gasteiger charge is 2.28. The van der Waals surface area contributed by atoms with Crippen molar-refractivity contribution in [2.24, 2.45) is 28.7 Å². The summed E-state index contributed by atoms with van der Waals surface area (Å²) in [6.45, 7) is 18.8. The second-order valence-electron chi connectivity index (χ2n) is 10.2. The Morgan fingerprint density at radius 2 is 1.74 bits per heavy atom. The van der Waals surface area contributed by atoms with Crippen LogP contribution in [-0.4, -0.2) is 97.2 Å². The molecule has 2 N–H and O–H groups in total. The molecule has 2 aliphatic rings. The zero-order valence-corrected chi connectivity index (χ0v) is 20.6. The quantitative estimate of drug-likeness (QED) is 0.427. The van der Waals surface area contributed by atoms with Gasteiger partial charge in [0.2, 0.25) is 5.91 Å². The molecule has 2 heterocycles. The van der Waals surface area contributed by atoms with Gasteiger partial charge in [0.1, 0.15) is 0 Å². The fraction of sp³-hybridized carbons (Fsp3) is 0.917. The van der Waals surface area contributed by atoms with E-state index < -0.39 is 0 Å². The van der Waals surface area contributed by atoms with Gasteiger partial charge in [-0.05, 0) is 49.9 Å². The van der Waals surface area contributed by atoms with Crippen molar-refractivity contribution in [2.75, 3.05) is 65.5 Å². The summed E-state index contributed by atoms with van der Waals surface area (Å²) < 4.78 is 0. The highest BCUT2D eigenvalue weighted by Crippen LogP contribution is 2.21. The molecular formula is C24H47N5O2. The first-order chi connectivity index (χ1) is 14.8. The molecule has 0 saturated carbocycles. The molecule has 2 saturated heterocycles. The summed E-state index contributed by atoms with van der Waals surface area (Å²) in [4.78, 5) is 24.4. The van der Waals surface area contributed by atoms with Crippen LogP contribution in [0.4, 0.5) is 0 Å². The highest BCUT2D eigenvalue weighted by molar-refractivity contribution is 5.80. The van der Waals surface area contributed by atoms with Crippen molar-refractivity contribution in [2.45, 2.75) is 53.9 Å². The van der Waals surface area contributed by atoms with Crippen molar-refractivity contribution < 1.29 is 9.90 Å². The van der Waals surface area contributed by atoms with Gasteiger partial charge in [-0.1, -0.05) is 27.7 Å². The van der Waals surface area contributed by atoms with Gasteiger partial charge in [-0.25, -0.2) is 0 Å². The monoisotopic (exact) mass is 437 g/mol. The number of hydrogen-bond donors (Lipinski definition) is 2. The molecule has 0 bridgehead atoms. The Balaban J connectivity index is 1.85. The minimum absolute atomic E-state index is 0.227. The van der Waals surface area contributed by atoms with E-state index in [1.165, 1.54) is 6.42 Å². The van der Waals surface area contributed by atoms with Crippen molar-refractivity contribution in [1.82, 2.24) is 20.0 Å². The van der Waals surface area contributed by atoms with Crippen LogP contribution in [0.15, 0.2) is 4.99 Å². The minimum Gasteiger partial charge on any atom is -0.396 e. The van der Waals surface area contributed by atoms with Crippen molar-refractivity contribution >= 4 is 11.9 Å². The van der Waals surface area contributed by atoms with Gasteiger partial charge in [-0.2, -0.15) is 0 Å². The number of amides is 1. The molecule has 0 aromatic heterocycles. The Bertz CT molecular complexity index is 550. The molecule has 31 heavy (non-hydrogen) atoms. The zero-order valence-electron chi connectivity index (χ0n) is 20.6. The van der Waals surface area contributed by atoms with Gasteiger partial charge >= 0.3 is 0 Å². The van der Waals surface area contributed by atoms with Gasteiger partial charge in [0.25, 0.3) is 0 Å². The Kier molecular flexibility index (Phi) is 11.1. The third-order valence-corrected chi connectivity index (χ3v) is 6.43. The van der Waals surface area contributed by atoms with Gasteiger partial charge in [0.15, 0.2) is 5.96 Å². The van der Waals surface area contributed by atoms with Gasteiger partial charge in [-0.3, -0.25) is 14.7 Å². The number of likely N-dealkylation sites (tertiary alicyclic amines) is 1. The molecule has 3 atom stereocenters. The summed E-state index contributed by atoms with van der Waals surface area (Å²) in [6, 6.07) is 0. The third-order valence-electron chi connectivity index (χ3n) is 6.43. The maximum atomic E-state index is 12.8. The highest BCUT2D eigenvalue weighted by atomic mass is 16.3. The fourth-order valence-electron chi connectivity index (χ4n) is 5.05. The molecule has 180 valence electrons. The largest absolute Gasteiger partial charge is 0.396 e. The van der Waals surface area contributed by atoms with E-state index in [1.54, 1.807) is 0 Å². The van der Waals surface area contributed by atoms with E-state index >= 15 is 0 Å². The van der Waals surface area contributed by atoms with Crippen LogP contribution in [0.3, 0.4) is 0 Å². The summed E-state index contributed by atoms with van der Waals surface area (Å²) >= 11 is 0. The molecule has 0 aromatic rings. The molecule has 2 aliphatic heterocycles. The summed E-state index contributed by atoms with van der Waals surface area (Å²) in [6.07, 6.45) is 3.13. The van der Waals surface area contributed by atoms with E-state index in [1.807, 2.05) is 0 Å². The SMILES string of the molecule is CCNC(=NCC(CCO)CC(C)C)N1CCN(CC(=O)N2CC(C)CC(C)C2)CC1. The van der Waals surface area contributed by atoms with Crippen molar-refractivity contribution in [3.05, 3.63) is 0 Å². The van der Waals surface area contributed by atoms with Crippen LogP contribution in [-0.2, 0) is 4.79 Å². The summed E-state index contributed by atoms with van der Waals surface area (Å²) in [7, 11) is 0. The van der Waals surface area contributed by atoms with E-state index in [-0.39, 0.29) is 12.5 Å². The van der Waals surface area contributed by atoms with Crippen LogP contribution in [0.2, 0.25) is 0 Å². The van der Waals surface area contributed by atoms with E-state index in [2.05, 4.69) is 54.6 Å². The van der Waals surface area contributed by atoms with Gasteiger partial charge in [-0.15, -0.1) is 0 Å². The molecule has 0 aromatic carbocycles. The first-order valence-electron chi connectivity index (χ1n) is 12.5. The van der Waals surface area contributed by atoms with Crippen molar-refractivity contribution in [1.29, 1.82) is 0 Å². The lowest BCUT2D eigenvalue weighted by atomic mass is 9.92. The van der Waals surface area contributed by atoms with E-state index in [4.69, 9.17) is 4.99 Å². The van der Waals surface area contributed by atoms with Crippen LogP contribution in [0.25, 0.3) is 0 Å². The number of aliphatic hydroxyl groups is 1. The Morgan fingerprint density at radius 1 is 1.10 bits per heavy atom. The van der Waals surface area contributed by atoms with Gasteiger partial charge in [0, 0.05) is 59.0 Å². The summed E-state index contributed by atoms with van der Waals surface area (Å²) in [5.41, 5.74) is 0. The average molecular weight is 438 g/mol. The van der Waals surface area contributed by atoms with Crippen LogP contribution < -0.4 is 5.32 Å². The number of aliphatic imine (C=N–C) groups is 1. The number of carbonyl (C=O) groups excluding carboxylic acids is 1. The molecular weight excluding hydrogens is 390 g/mol. The Morgan fingerprint density at radius 3 is 2.29 bits per heavy atom. The van der Waals surface area contributed by atoms with E-state index in [0.29, 0.717) is 30.2 Å². The fourth-order valence-corrected chi connectivity index (χ4v) is 5.05. The Labute approximate surface area is 190 Å². The topological polar surface area (TPSA) is 71.4 Å². The Hall–Kier alpha value is -1.34. The molecule has 2 rings (SSSR count). The maximum absolute atomic E-state index is 12.8. The normalized spacial score (nSPS) is 24.5. The number of hydrogen-bond acceptors (Lipinski definition) is 4. The number of nitrogens with one attached hydrogen (secondary N) is 1. The molecule has 0 radical (unpaired) electrons. The predicted molar refractivity (Wildman–Crippen MR) is 128 cm³/mol. The maximum Gasteiger partial charge on any atom is 0.236 e. The zero-order chi connectivity index (χ0) is 22.8. The van der Waals surface area contributed by atoms with E-state index in [0.717, 1.165) is 71.2 Å². The van der Waals surface area contributed by atoms with Crippen LogP contribution in [0.5, 0.6) is 0 Å². The third kappa shape index (κ3) is 8.97. The van der Waals surface area contributed by atoms with Crippen molar-refractivity contribution in [3.63, 3.8) is 0 Å². The second-order valence-corrected chi connectivity index (χ2v) is 10.2. The number of rotatable bonds is 9. The lowest BCUT2D eigenvalue weighted by Crippen LogP contribution is -2.55. The number of guanidine groups is 1. The number of piperidine rings is 1. The lowest BCUT2D eigenvalue weighted by molar-refractivity contribution is -0.135. The van der Waals surface area contributed by atoms with Gasteiger partial charge in [0.05, 0.1) is 6.54 Å². The molecule has 0 aliphatic carbocycles. The van der Waals surface area contributed by atoms with Crippen LogP contribution in [0.1, 0.15) is 53.9 Å². The standard InChI is InChI=1S/C24H47N5O2/c1-6-25-24(26-15-22(7-12-30)13-19(2)3)28-10-8-27(9-11-28)18-23(31)29-16-20(4)14-21(5)17-29/h19-22,30H,6-18H2,1-5H3,(H,25,26). The summed E-state index contributed by atoms with van der Waals surface area (Å²) in [5.74, 6) is 3.50. The molecule has 7 nitrogen and oxygen atoms in total. The lowest BCUT2D eigenvalue weighted by Gasteiger charge is -2.39. The average Bonchev–Trinajstić information content (AvgIpc) is 2.70. The molecule has 2 fully saturated rings.